The van der Waals surface area contributed by atoms with Crippen LogP contribution in [0.4, 0.5) is 10.9 Å². The third-order valence-corrected chi connectivity index (χ3v) is 4.61. The minimum Gasteiger partial charge on any atom is -0.382 e. The molecule has 0 aliphatic carbocycles. The maximum Gasteiger partial charge on any atom is 0.265 e. The molecule has 114 valence electrons. The number of carbonyl (C=O) groups excluding carboxylic acids is 1. The number of hydrogen-bond donors (Lipinski definition) is 2. The summed E-state index contributed by atoms with van der Waals surface area (Å²) in [6, 6.07) is 0. The summed E-state index contributed by atoms with van der Waals surface area (Å²) in [6.45, 7) is 5.21. The lowest BCUT2D eigenvalue weighted by molar-refractivity contribution is 0.0955. The van der Waals surface area contributed by atoms with E-state index in [0.717, 1.165) is 22.9 Å². The number of nitrogens with one attached hydrogen (secondary N) is 1. The van der Waals surface area contributed by atoms with E-state index in [1.54, 1.807) is 10.9 Å². The van der Waals surface area contributed by atoms with Gasteiger partial charge < -0.3 is 16.0 Å². The van der Waals surface area contributed by atoms with Gasteiger partial charge in [-0.1, -0.05) is 11.3 Å². The highest BCUT2D eigenvalue weighted by Gasteiger charge is 2.18. The molecule has 0 spiro atoms. The van der Waals surface area contributed by atoms with Crippen LogP contribution in [0.15, 0.2) is 6.20 Å². The topological polar surface area (TPSA) is 89.1 Å². The number of rotatable bonds is 5. The van der Waals surface area contributed by atoms with Crippen molar-refractivity contribution in [2.75, 3.05) is 24.2 Å². The van der Waals surface area contributed by atoms with Crippen LogP contribution in [0, 0.1) is 6.92 Å². The van der Waals surface area contributed by atoms with Crippen LogP contribution >= 0.6 is 11.3 Å². The van der Waals surface area contributed by atoms with Crippen molar-refractivity contribution in [2.45, 2.75) is 20.4 Å². The third-order valence-electron chi connectivity index (χ3n) is 3.43. The number of nitrogen functional groups attached to an aromatic ring is 1. The Morgan fingerprint density at radius 2 is 2.29 bits per heavy atom. The van der Waals surface area contributed by atoms with E-state index in [0.29, 0.717) is 11.4 Å². The largest absolute Gasteiger partial charge is 0.382 e. The first-order valence-corrected chi connectivity index (χ1v) is 7.48. The molecule has 0 aliphatic rings. The van der Waals surface area contributed by atoms with Gasteiger partial charge in [0.2, 0.25) is 0 Å². The van der Waals surface area contributed by atoms with Gasteiger partial charge in [-0.05, 0) is 13.8 Å². The van der Waals surface area contributed by atoms with E-state index in [1.165, 1.54) is 11.3 Å². The number of aromatic nitrogens is 3. The minimum absolute atomic E-state index is 0.205. The molecule has 0 saturated heterocycles. The molecule has 0 atom stereocenters. The molecule has 0 radical (unpaired) electrons. The van der Waals surface area contributed by atoms with Crippen molar-refractivity contribution in [3.63, 3.8) is 0 Å². The molecule has 7 nitrogen and oxygen atoms in total. The molecule has 3 N–H and O–H groups in total. The minimum atomic E-state index is -0.205. The standard InChI is InChI=1S/C13H20N6OS/c1-5-18(3)13-17-11(14)10(21-13)12(20)15-6-9-7-16-19(4)8(9)2/h7H,5-6,14H2,1-4H3,(H,15,20). The first kappa shape index (κ1) is 15.3. The lowest BCUT2D eigenvalue weighted by Crippen LogP contribution is -2.23. The van der Waals surface area contributed by atoms with Gasteiger partial charge in [-0.25, -0.2) is 4.98 Å². The molecule has 0 fully saturated rings. The molecular weight excluding hydrogens is 288 g/mol. The molecule has 0 saturated carbocycles. The van der Waals surface area contributed by atoms with E-state index in [9.17, 15) is 4.79 Å². The Kier molecular flexibility index (Phi) is 4.46. The fourth-order valence-electron chi connectivity index (χ4n) is 1.75. The van der Waals surface area contributed by atoms with E-state index in [-0.39, 0.29) is 11.7 Å². The lowest BCUT2D eigenvalue weighted by Gasteiger charge is -2.10. The Labute approximate surface area is 127 Å². The van der Waals surface area contributed by atoms with Crippen LogP contribution < -0.4 is 16.0 Å². The molecule has 1 amide bonds. The second-order valence-electron chi connectivity index (χ2n) is 4.79. The van der Waals surface area contributed by atoms with Gasteiger partial charge in [0, 0.05) is 38.4 Å². The Balaban J connectivity index is 2.07. The Morgan fingerprint density at radius 1 is 1.57 bits per heavy atom. The fraction of sp³-hybridized carbons (Fsp3) is 0.462. The zero-order chi connectivity index (χ0) is 15.6. The van der Waals surface area contributed by atoms with Gasteiger partial charge in [0.15, 0.2) is 5.13 Å². The number of hydrogen-bond acceptors (Lipinski definition) is 6. The number of nitrogens with zero attached hydrogens (tertiary/aromatic N) is 4. The van der Waals surface area contributed by atoms with E-state index in [4.69, 9.17) is 5.73 Å². The molecule has 8 heteroatoms. The van der Waals surface area contributed by atoms with E-state index < -0.39 is 0 Å². The van der Waals surface area contributed by atoms with Crippen molar-refractivity contribution in [3.05, 3.63) is 22.3 Å². The molecule has 2 aromatic heterocycles. The predicted octanol–water partition coefficient (Wildman–Crippen LogP) is 1.15. The Hall–Kier alpha value is -2.09. The zero-order valence-electron chi connectivity index (χ0n) is 12.7. The quantitative estimate of drug-likeness (QED) is 0.865. The van der Waals surface area contributed by atoms with Crippen molar-refractivity contribution >= 4 is 28.2 Å². The van der Waals surface area contributed by atoms with Gasteiger partial charge >= 0.3 is 0 Å². The first-order valence-electron chi connectivity index (χ1n) is 6.67. The normalized spacial score (nSPS) is 10.7. The number of nitrogens with two attached hydrogens (primary N) is 1. The summed E-state index contributed by atoms with van der Waals surface area (Å²) in [5.41, 5.74) is 7.85. The van der Waals surface area contributed by atoms with Crippen LogP contribution in [0.3, 0.4) is 0 Å². The van der Waals surface area contributed by atoms with Gasteiger partial charge in [0.1, 0.15) is 10.7 Å². The van der Waals surface area contributed by atoms with Crippen LogP contribution in [0.25, 0.3) is 0 Å². The van der Waals surface area contributed by atoms with E-state index in [2.05, 4.69) is 15.4 Å². The summed E-state index contributed by atoms with van der Waals surface area (Å²) in [4.78, 5) is 18.8. The van der Waals surface area contributed by atoms with E-state index >= 15 is 0 Å². The van der Waals surface area contributed by atoms with Crippen LogP contribution in [0.5, 0.6) is 0 Å². The molecule has 2 heterocycles. The molecular formula is C13H20N6OS. The summed E-state index contributed by atoms with van der Waals surface area (Å²) in [5, 5.41) is 7.76. The van der Waals surface area contributed by atoms with Gasteiger partial charge in [-0.3, -0.25) is 9.48 Å². The van der Waals surface area contributed by atoms with Crippen molar-refractivity contribution in [1.82, 2.24) is 20.1 Å². The lowest BCUT2D eigenvalue weighted by atomic mass is 10.2. The SMILES string of the molecule is CCN(C)c1nc(N)c(C(=O)NCc2cnn(C)c2C)s1. The van der Waals surface area contributed by atoms with Gasteiger partial charge in [-0.2, -0.15) is 5.10 Å². The van der Waals surface area contributed by atoms with Crippen molar-refractivity contribution in [1.29, 1.82) is 0 Å². The fourth-order valence-corrected chi connectivity index (χ4v) is 2.68. The first-order chi connectivity index (χ1) is 9.93. The highest BCUT2D eigenvalue weighted by molar-refractivity contribution is 7.18. The number of amides is 1. The smallest absolute Gasteiger partial charge is 0.265 e. The molecule has 0 unspecified atom stereocenters. The molecule has 2 aromatic rings. The predicted molar refractivity (Wildman–Crippen MR) is 84.6 cm³/mol. The molecule has 21 heavy (non-hydrogen) atoms. The van der Waals surface area contributed by atoms with E-state index in [1.807, 2.05) is 32.8 Å². The average molecular weight is 308 g/mol. The second kappa shape index (κ2) is 6.13. The third kappa shape index (κ3) is 3.15. The molecule has 0 bridgehead atoms. The number of aryl methyl sites for hydroxylation is 1. The highest BCUT2D eigenvalue weighted by atomic mass is 32.1. The van der Waals surface area contributed by atoms with Gasteiger partial charge in [0.05, 0.1) is 6.20 Å². The van der Waals surface area contributed by atoms with Gasteiger partial charge in [-0.15, -0.1) is 0 Å². The Bertz CT molecular complexity index is 647. The molecule has 0 aliphatic heterocycles. The van der Waals surface area contributed by atoms with Crippen LogP contribution in [-0.2, 0) is 13.6 Å². The summed E-state index contributed by atoms with van der Waals surface area (Å²) >= 11 is 1.30. The summed E-state index contributed by atoms with van der Waals surface area (Å²) in [7, 11) is 3.79. The monoisotopic (exact) mass is 308 g/mol. The maximum atomic E-state index is 12.2. The van der Waals surface area contributed by atoms with Crippen molar-refractivity contribution in [2.24, 2.45) is 7.05 Å². The Morgan fingerprint density at radius 3 is 2.86 bits per heavy atom. The van der Waals surface area contributed by atoms with Crippen LogP contribution in [-0.4, -0.2) is 34.3 Å². The summed E-state index contributed by atoms with van der Waals surface area (Å²) in [6.07, 6.45) is 1.75. The second-order valence-corrected chi connectivity index (χ2v) is 5.76. The highest BCUT2D eigenvalue weighted by Crippen LogP contribution is 2.27. The van der Waals surface area contributed by atoms with Crippen LogP contribution in [0.1, 0.15) is 27.9 Å². The van der Waals surface area contributed by atoms with Crippen LogP contribution in [0.2, 0.25) is 0 Å². The molecule has 2 rings (SSSR count). The summed E-state index contributed by atoms with van der Waals surface area (Å²) < 4.78 is 1.77. The number of carbonyl (C=O) groups is 1. The number of thiazole rings is 1. The van der Waals surface area contributed by atoms with Crippen molar-refractivity contribution in [3.8, 4) is 0 Å². The average Bonchev–Trinajstić information content (AvgIpc) is 3.00. The number of anilines is 2. The molecule has 0 aromatic carbocycles. The summed E-state index contributed by atoms with van der Waals surface area (Å²) in [5.74, 6) is 0.0692. The zero-order valence-corrected chi connectivity index (χ0v) is 13.5. The maximum absolute atomic E-state index is 12.2. The van der Waals surface area contributed by atoms with Crippen molar-refractivity contribution < 1.29 is 4.79 Å². The van der Waals surface area contributed by atoms with Gasteiger partial charge in [0.25, 0.3) is 5.91 Å².